The fraction of sp³-hybridized carbons (Fsp3) is 0.0250. The van der Waals surface area contributed by atoms with Crippen LogP contribution in [0.25, 0.3) is 22.3 Å². The van der Waals surface area contributed by atoms with Crippen LogP contribution in [0, 0.1) is 0 Å². The van der Waals surface area contributed by atoms with Crippen molar-refractivity contribution in [1.82, 2.24) is 30.2 Å². The summed E-state index contributed by atoms with van der Waals surface area (Å²) in [5.74, 6) is -0.0787. The SMILES string of the molecule is O=C1C=C2NC1C(c1ccncc1)=C1C=CC(=N1)C(c1ccncc1)=c1ccc([nH]1)=C(c1ccncc1)C1=NC(=C2c2ccncc2)C=C1. The second-order valence-electron chi connectivity index (χ2n) is 11.7. The molecule has 2 N–H and O–H groups in total. The number of carbonyl (C=O) groups is 1. The maximum absolute atomic E-state index is 14.1. The molecule has 0 radical (unpaired) electrons. The van der Waals surface area contributed by atoms with E-state index in [2.05, 4.69) is 42.4 Å². The summed E-state index contributed by atoms with van der Waals surface area (Å²) in [4.78, 5) is 45.3. The van der Waals surface area contributed by atoms with Crippen molar-refractivity contribution in [1.29, 1.82) is 0 Å². The van der Waals surface area contributed by atoms with E-state index in [9.17, 15) is 4.79 Å². The predicted octanol–water partition coefficient (Wildman–Crippen LogP) is 4.28. The number of aliphatic imine (C=N–C) groups is 2. The van der Waals surface area contributed by atoms with Crippen LogP contribution in [-0.4, -0.2) is 48.2 Å². The fourth-order valence-electron chi connectivity index (χ4n) is 6.71. The van der Waals surface area contributed by atoms with Gasteiger partial charge in [0.15, 0.2) is 5.78 Å². The Bertz CT molecular complexity index is 2500. The van der Waals surface area contributed by atoms with E-state index in [4.69, 9.17) is 9.98 Å². The number of ketones is 1. The zero-order valence-corrected chi connectivity index (χ0v) is 25.9. The van der Waals surface area contributed by atoms with Crippen LogP contribution in [-0.2, 0) is 4.79 Å². The van der Waals surface area contributed by atoms with Gasteiger partial charge >= 0.3 is 0 Å². The first-order valence-corrected chi connectivity index (χ1v) is 15.8. The van der Waals surface area contributed by atoms with Gasteiger partial charge in [-0.2, -0.15) is 0 Å². The standard InChI is InChI=1S/C40H26N8O/c49-35-23-34-38(26-11-19-43-20-12-26)32-4-3-30(46-32)36(24-7-15-41-16-8-24)28-1-2-29(45-28)37(25-9-17-42-18-10-25)31-5-6-33(47-31)39(40(35)48-34)27-13-21-44-22-14-27/h1-23,40,45,48H. The van der Waals surface area contributed by atoms with Crippen molar-refractivity contribution in [3.8, 4) is 0 Å². The molecule has 9 heterocycles. The van der Waals surface area contributed by atoms with Crippen molar-refractivity contribution in [3.05, 3.63) is 191 Å². The van der Waals surface area contributed by atoms with E-state index >= 15 is 0 Å². The summed E-state index contributed by atoms with van der Waals surface area (Å²) >= 11 is 0. The number of rotatable bonds is 4. The Kier molecular flexibility index (Phi) is 6.79. The van der Waals surface area contributed by atoms with Crippen molar-refractivity contribution in [2.24, 2.45) is 9.98 Å². The quantitative estimate of drug-likeness (QED) is 0.305. The number of aromatic nitrogens is 5. The van der Waals surface area contributed by atoms with Crippen LogP contribution in [0.2, 0.25) is 0 Å². The molecule has 0 aliphatic carbocycles. The average molecular weight is 635 g/mol. The number of aromatic amines is 1. The average Bonchev–Trinajstić information content (AvgIpc) is 3.98. The Labute approximate surface area is 280 Å². The van der Waals surface area contributed by atoms with E-state index in [0.29, 0.717) is 11.4 Å². The maximum Gasteiger partial charge on any atom is 0.184 e. The number of hydrogen-bond donors (Lipinski definition) is 2. The molecule has 9 nitrogen and oxygen atoms in total. The van der Waals surface area contributed by atoms with Gasteiger partial charge in [-0.25, -0.2) is 9.98 Å². The van der Waals surface area contributed by atoms with Gasteiger partial charge in [-0.05, 0) is 107 Å². The molecule has 0 fully saturated rings. The lowest BCUT2D eigenvalue weighted by Crippen LogP contribution is -2.31. The van der Waals surface area contributed by atoms with Gasteiger partial charge in [0, 0.05) is 94.3 Å². The summed E-state index contributed by atoms with van der Waals surface area (Å²) in [6.07, 6.45) is 23.8. The molecule has 49 heavy (non-hydrogen) atoms. The molecular weight excluding hydrogens is 608 g/mol. The van der Waals surface area contributed by atoms with Gasteiger partial charge in [0.05, 0.1) is 22.8 Å². The van der Waals surface area contributed by atoms with Gasteiger partial charge in [0.2, 0.25) is 0 Å². The van der Waals surface area contributed by atoms with Gasteiger partial charge in [0.1, 0.15) is 6.04 Å². The van der Waals surface area contributed by atoms with E-state index in [1.807, 2.05) is 72.8 Å². The maximum atomic E-state index is 14.1. The predicted molar refractivity (Wildman–Crippen MR) is 189 cm³/mol. The Hall–Kier alpha value is -6.87. The molecule has 0 amide bonds. The van der Waals surface area contributed by atoms with E-state index in [-0.39, 0.29) is 5.78 Å². The Morgan fingerprint density at radius 1 is 0.490 bits per heavy atom. The number of allylic oxidation sites excluding steroid dienone is 5. The largest absolute Gasteiger partial charge is 0.371 e. The van der Waals surface area contributed by atoms with E-state index in [1.165, 1.54) is 0 Å². The third kappa shape index (κ3) is 5.01. The lowest BCUT2D eigenvalue weighted by Gasteiger charge is -2.20. The molecule has 0 spiro atoms. The number of H-pyrrole nitrogens is 1. The molecule has 4 aliphatic rings. The summed E-state index contributed by atoms with van der Waals surface area (Å²) in [5, 5.41) is 5.35. The molecule has 4 aliphatic heterocycles. The second-order valence-corrected chi connectivity index (χ2v) is 11.7. The molecule has 0 saturated heterocycles. The number of nitrogens with one attached hydrogen (secondary N) is 2. The summed E-state index contributed by atoms with van der Waals surface area (Å²) < 4.78 is 0. The van der Waals surface area contributed by atoms with Crippen LogP contribution in [0.5, 0.6) is 0 Å². The third-order valence-electron chi connectivity index (χ3n) is 8.88. The zero-order valence-electron chi connectivity index (χ0n) is 25.9. The van der Waals surface area contributed by atoms with Crippen molar-refractivity contribution >= 4 is 39.5 Å². The lowest BCUT2D eigenvalue weighted by atomic mass is 9.95. The first-order chi connectivity index (χ1) is 24.2. The van der Waals surface area contributed by atoms with Crippen molar-refractivity contribution in [3.63, 3.8) is 0 Å². The molecule has 9 heteroatoms. The topological polar surface area (TPSA) is 121 Å². The monoisotopic (exact) mass is 634 g/mol. The van der Waals surface area contributed by atoms with Crippen LogP contribution in [0.1, 0.15) is 22.3 Å². The zero-order chi connectivity index (χ0) is 32.7. The first kappa shape index (κ1) is 28.4. The number of nitrogens with zero attached hydrogens (tertiary/aromatic N) is 6. The van der Waals surface area contributed by atoms with Crippen LogP contribution in [0.15, 0.2) is 168 Å². The summed E-state index contributed by atoms with van der Waals surface area (Å²) in [6, 6.07) is 19.1. The smallest absolute Gasteiger partial charge is 0.184 e. The lowest BCUT2D eigenvalue weighted by molar-refractivity contribution is -0.114. The van der Waals surface area contributed by atoms with Crippen molar-refractivity contribution < 1.29 is 4.79 Å². The highest BCUT2D eigenvalue weighted by Crippen LogP contribution is 2.37. The van der Waals surface area contributed by atoms with Crippen LogP contribution in [0.3, 0.4) is 0 Å². The van der Waals surface area contributed by atoms with E-state index in [1.54, 1.807) is 55.7 Å². The fourth-order valence-corrected chi connectivity index (χ4v) is 6.71. The normalized spacial score (nSPS) is 18.2. The molecule has 9 rings (SSSR count). The molecule has 232 valence electrons. The van der Waals surface area contributed by atoms with Gasteiger partial charge in [0.25, 0.3) is 0 Å². The number of fused-ring (bicyclic) bond motifs is 6. The summed E-state index contributed by atoms with van der Waals surface area (Å²) in [7, 11) is 0. The minimum Gasteiger partial charge on any atom is -0.371 e. The van der Waals surface area contributed by atoms with E-state index < -0.39 is 6.04 Å². The van der Waals surface area contributed by atoms with Crippen LogP contribution in [0.4, 0.5) is 0 Å². The molecule has 5 aromatic rings. The van der Waals surface area contributed by atoms with Crippen molar-refractivity contribution in [2.45, 2.75) is 6.04 Å². The van der Waals surface area contributed by atoms with Crippen molar-refractivity contribution in [2.75, 3.05) is 0 Å². The number of hydrogen-bond acceptors (Lipinski definition) is 8. The minimum absolute atomic E-state index is 0.0787. The van der Waals surface area contributed by atoms with Gasteiger partial charge < -0.3 is 10.3 Å². The minimum atomic E-state index is -0.695. The van der Waals surface area contributed by atoms with Crippen LogP contribution >= 0.6 is 0 Å². The Balaban J connectivity index is 1.40. The highest BCUT2D eigenvalue weighted by molar-refractivity contribution is 6.31. The molecule has 0 aromatic carbocycles. The third-order valence-corrected chi connectivity index (χ3v) is 8.88. The van der Waals surface area contributed by atoms with Gasteiger partial charge in [-0.1, -0.05) is 0 Å². The first-order valence-electron chi connectivity index (χ1n) is 15.8. The highest BCUT2D eigenvalue weighted by Gasteiger charge is 2.34. The Morgan fingerprint density at radius 3 is 1.47 bits per heavy atom. The molecule has 1 unspecified atom stereocenters. The molecule has 8 bridgehead atoms. The number of pyridine rings is 4. The van der Waals surface area contributed by atoms with Crippen LogP contribution < -0.4 is 16.0 Å². The summed E-state index contributed by atoms with van der Waals surface area (Å²) in [6.45, 7) is 0. The number of carbonyl (C=O) groups excluding carboxylic acids is 1. The van der Waals surface area contributed by atoms with Gasteiger partial charge in [-0.15, -0.1) is 0 Å². The molecule has 1 atom stereocenters. The molecule has 5 aromatic heterocycles. The second kappa shape index (κ2) is 11.7. The van der Waals surface area contributed by atoms with E-state index in [0.717, 1.165) is 72.4 Å². The molecular formula is C40H26N8O. The summed E-state index contributed by atoms with van der Waals surface area (Å²) in [5.41, 5.74) is 10.7. The molecule has 0 saturated carbocycles. The highest BCUT2D eigenvalue weighted by atomic mass is 16.1. The van der Waals surface area contributed by atoms with Gasteiger partial charge in [-0.3, -0.25) is 24.7 Å². The Morgan fingerprint density at radius 2 is 0.939 bits per heavy atom.